The van der Waals surface area contributed by atoms with Gasteiger partial charge in [-0.15, -0.1) is 0 Å². The van der Waals surface area contributed by atoms with Crippen LogP contribution in [-0.2, 0) is 0 Å². The Bertz CT molecular complexity index is 1090. The van der Waals surface area contributed by atoms with Gasteiger partial charge in [-0.2, -0.15) is 0 Å². The lowest BCUT2D eigenvalue weighted by atomic mass is 9.80. The van der Waals surface area contributed by atoms with Crippen molar-refractivity contribution in [2.75, 3.05) is 13.2 Å². The molecule has 4 aromatic rings. The third kappa shape index (κ3) is 10.7. The molecule has 2 N–H and O–H groups in total. The highest BCUT2D eigenvalue weighted by Crippen LogP contribution is 2.27. The summed E-state index contributed by atoms with van der Waals surface area (Å²) in [5, 5.41) is 17.8. The fourth-order valence-corrected chi connectivity index (χ4v) is 3.08. The lowest BCUT2D eigenvalue weighted by Gasteiger charge is -2.08. The minimum Gasteiger partial charge on any atom is -0.494 e. The van der Waals surface area contributed by atoms with Crippen LogP contribution in [0.2, 0.25) is 0 Å². The summed E-state index contributed by atoms with van der Waals surface area (Å²) in [5.74, 6) is 1.41. The number of hydrogen-bond donors (Lipinski definition) is 2. The molecule has 35 heavy (non-hydrogen) atoms. The normalized spacial score (nSPS) is 9.29. The second-order valence-corrected chi connectivity index (χ2v) is 7.45. The third-order valence-electron chi connectivity index (χ3n) is 4.25. The summed E-state index contributed by atoms with van der Waals surface area (Å²) in [6.07, 6.45) is 3.53. The summed E-state index contributed by atoms with van der Waals surface area (Å²) in [6, 6.07) is 26.4. The first kappa shape index (κ1) is 29.8. The number of benzene rings is 2. The molecule has 0 radical (unpaired) electrons. The molecule has 0 aliphatic carbocycles. The highest BCUT2D eigenvalue weighted by Gasteiger charge is 2.15. The Morgan fingerprint density at radius 1 is 0.714 bits per heavy atom. The molecule has 2 aromatic carbocycles. The second-order valence-electron chi connectivity index (χ2n) is 6.64. The largest absolute Gasteiger partial charge is 0.494 e. The van der Waals surface area contributed by atoms with Crippen LogP contribution in [0, 0.1) is 0 Å². The van der Waals surface area contributed by atoms with E-state index >= 15 is 0 Å². The summed E-state index contributed by atoms with van der Waals surface area (Å²) < 4.78 is 11.6. The molecule has 0 amide bonds. The number of rotatable bonds is 6. The lowest BCUT2D eigenvalue weighted by molar-refractivity contribution is 0.340. The molecule has 0 saturated heterocycles. The molecule has 0 aliphatic rings. The summed E-state index contributed by atoms with van der Waals surface area (Å²) in [7, 11) is -1.47. The Hall–Kier alpha value is -3.20. The second kappa shape index (κ2) is 17.3. The van der Waals surface area contributed by atoms with Crippen LogP contribution in [0.5, 0.6) is 11.5 Å². The number of halogens is 1. The van der Waals surface area contributed by atoms with E-state index < -0.39 is 7.12 Å². The van der Waals surface area contributed by atoms with E-state index in [9.17, 15) is 0 Å². The predicted octanol–water partition coefficient (Wildman–Crippen LogP) is 5.39. The van der Waals surface area contributed by atoms with E-state index in [0.717, 1.165) is 21.6 Å². The first-order valence-electron chi connectivity index (χ1n) is 10.8. The van der Waals surface area contributed by atoms with E-state index in [1.165, 1.54) is 0 Å². The van der Waals surface area contributed by atoms with Crippen molar-refractivity contribution in [2.24, 2.45) is 0 Å². The Morgan fingerprint density at radius 2 is 1.26 bits per heavy atom. The maximum absolute atomic E-state index is 8.91. The fraction of sp³-hybridized carbons (Fsp3) is 0.185. The lowest BCUT2D eigenvalue weighted by Crippen LogP contribution is -2.31. The minimum atomic E-state index is -1.47. The minimum absolute atomic E-state index is 0. The quantitative estimate of drug-likeness (QED) is 0.253. The maximum atomic E-state index is 8.91. The fourth-order valence-electron chi connectivity index (χ4n) is 2.80. The van der Waals surface area contributed by atoms with Gasteiger partial charge in [0.15, 0.2) is 0 Å². The molecular formula is C27H32BBrN2O4. The van der Waals surface area contributed by atoms with Gasteiger partial charge < -0.3 is 19.5 Å². The monoisotopic (exact) mass is 538 g/mol. The van der Waals surface area contributed by atoms with Crippen LogP contribution in [0.4, 0.5) is 0 Å². The molecule has 184 valence electrons. The van der Waals surface area contributed by atoms with Gasteiger partial charge in [0.05, 0.1) is 18.9 Å². The predicted molar refractivity (Wildman–Crippen MR) is 147 cm³/mol. The zero-order chi connectivity index (χ0) is 24.6. The van der Waals surface area contributed by atoms with E-state index in [0.29, 0.717) is 24.4 Å². The van der Waals surface area contributed by atoms with Crippen molar-refractivity contribution in [3.8, 4) is 22.8 Å². The van der Waals surface area contributed by atoms with Gasteiger partial charge in [0.1, 0.15) is 16.1 Å². The number of nitrogens with zero attached hydrogens (tertiary/aromatic N) is 2. The van der Waals surface area contributed by atoms with Crippen LogP contribution in [0.25, 0.3) is 11.3 Å². The number of ether oxygens (including phenoxy) is 2. The highest BCUT2D eigenvalue weighted by molar-refractivity contribution is 9.10. The molecule has 8 heteroatoms. The molecule has 0 atom stereocenters. The van der Waals surface area contributed by atoms with Crippen molar-refractivity contribution in [1.82, 2.24) is 9.97 Å². The Labute approximate surface area is 216 Å². The van der Waals surface area contributed by atoms with Crippen molar-refractivity contribution in [2.45, 2.75) is 21.3 Å². The van der Waals surface area contributed by atoms with Crippen molar-refractivity contribution < 1.29 is 19.5 Å². The Morgan fingerprint density at radius 3 is 1.77 bits per heavy atom. The van der Waals surface area contributed by atoms with Gasteiger partial charge in [0, 0.05) is 23.4 Å². The Balaban J connectivity index is 0.000000275. The van der Waals surface area contributed by atoms with Crippen molar-refractivity contribution in [3.63, 3.8) is 0 Å². The standard InChI is InChI=1S/C13H13NO.C8H11BO3.C5H4BrN.CH4/c1-2-15-13-9-4-3-7-11(13)12-8-5-6-10-14-12;1-2-12-8-6-4-3-5-7(8)9(10)11;6-5-3-1-2-4-7-5;/h3-10H,2H2,1H3;3-6,10-11H,2H2,1H3;1-4H;1H4. The van der Waals surface area contributed by atoms with Gasteiger partial charge >= 0.3 is 7.12 Å². The van der Waals surface area contributed by atoms with Gasteiger partial charge in [-0.25, -0.2) is 4.98 Å². The van der Waals surface area contributed by atoms with E-state index in [1.54, 1.807) is 36.7 Å². The molecule has 2 aromatic heterocycles. The number of para-hydroxylation sites is 2. The third-order valence-corrected chi connectivity index (χ3v) is 4.72. The molecule has 0 aliphatic heterocycles. The molecule has 4 rings (SSSR count). The zero-order valence-corrected chi connectivity index (χ0v) is 20.8. The Kier molecular flexibility index (Phi) is 14.7. The van der Waals surface area contributed by atoms with E-state index in [-0.39, 0.29) is 7.43 Å². The van der Waals surface area contributed by atoms with Gasteiger partial charge in [0.2, 0.25) is 0 Å². The van der Waals surface area contributed by atoms with Crippen LogP contribution < -0.4 is 14.9 Å². The van der Waals surface area contributed by atoms with E-state index in [2.05, 4.69) is 25.9 Å². The first-order valence-corrected chi connectivity index (χ1v) is 11.6. The van der Waals surface area contributed by atoms with Crippen molar-refractivity contribution in [1.29, 1.82) is 0 Å². The van der Waals surface area contributed by atoms with E-state index in [4.69, 9.17) is 19.5 Å². The zero-order valence-electron chi connectivity index (χ0n) is 19.2. The average molecular weight is 539 g/mol. The maximum Gasteiger partial charge on any atom is 0.492 e. The van der Waals surface area contributed by atoms with E-state index in [1.807, 2.05) is 74.5 Å². The van der Waals surface area contributed by atoms with Crippen molar-refractivity contribution >= 4 is 28.5 Å². The molecule has 0 spiro atoms. The summed E-state index contributed by atoms with van der Waals surface area (Å²) in [5.41, 5.74) is 2.39. The molecule has 0 fully saturated rings. The highest BCUT2D eigenvalue weighted by atomic mass is 79.9. The molecule has 2 heterocycles. The first-order chi connectivity index (χ1) is 16.6. The van der Waals surface area contributed by atoms with Gasteiger partial charge in [0.25, 0.3) is 0 Å². The number of hydrogen-bond acceptors (Lipinski definition) is 6. The van der Waals surface area contributed by atoms with Crippen LogP contribution in [0.3, 0.4) is 0 Å². The SMILES string of the molecule is Brc1ccccn1.C.CCOc1ccccc1-c1ccccn1.CCOc1ccccc1B(O)O. The molecule has 0 bridgehead atoms. The summed E-state index contributed by atoms with van der Waals surface area (Å²) in [6.45, 7) is 5.02. The summed E-state index contributed by atoms with van der Waals surface area (Å²) in [4.78, 5) is 8.21. The summed E-state index contributed by atoms with van der Waals surface area (Å²) >= 11 is 3.20. The number of pyridine rings is 2. The van der Waals surface area contributed by atoms with Gasteiger partial charge in [-0.1, -0.05) is 49.9 Å². The van der Waals surface area contributed by atoms with Gasteiger partial charge in [-0.3, -0.25) is 4.98 Å². The van der Waals surface area contributed by atoms with Crippen LogP contribution in [0.15, 0.2) is 102 Å². The van der Waals surface area contributed by atoms with Crippen LogP contribution in [0.1, 0.15) is 21.3 Å². The molecule has 0 unspecified atom stereocenters. The topological polar surface area (TPSA) is 84.7 Å². The smallest absolute Gasteiger partial charge is 0.492 e. The van der Waals surface area contributed by atoms with Crippen LogP contribution in [-0.4, -0.2) is 40.3 Å². The van der Waals surface area contributed by atoms with Gasteiger partial charge in [-0.05, 0) is 72.2 Å². The molecule has 6 nitrogen and oxygen atoms in total. The molecular weight excluding hydrogens is 507 g/mol. The number of aromatic nitrogens is 2. The van der Waals surface area contributed by atoms with Crippen molar-refractivity contribution in [3.05, 3.63) is 102 Å². The average Bonchev–Trinajstić information content (AvgIpc) is 2.87. The molecule has 0 saturated carbocycles. The van der Waals surface area contributed by atoms with Crippen LogP contribution >= 0.6 is 15.9 Å².